The van der Waals surface area contributed by atoms with Gasteiger partial charge in [-0.15, -0.1) is 0 Å². The zero-order valence-electron chi connectivity index (χ0n) is 19.9. The van der Waals surface area contributed by atoms with Crippen molar-refractivity contribution in [3.63, 3.8) is 0 Å². The van der Waals surface area contributed by atoms with Crippen LogP contribution in [-0.2, 0) is 16.1 Å². The molecule has 0 atom stereocenters. The number of rotatable bonds is 4. The van der Waals surface area contributed by atoms with Gasteiger partial charge in [0.2, 0.25) is 0 Å². The predicted molar refractivity (Wildman–Crippen MR) is 129 cm³/mol. The molecule has 1 saturated heterocycles. The molecule has 0 amide bonds. The van der Waals surface area contributed by atoms with Crippen molar-refractivity contribution < 1.29 is 27.5 Å². The molecule has 37 heavy (non-hydrogen) atoms. The number of piperazine rings is 1. The molecular weight excluding hydrogens is 489 g/mol. The summed E-state index contributed by atoms with van der Waals surface area (Å²) in [6, 6.07) is 10.6. The molecule has 1 aliphatic heterocycles. The molecule has 0 N–H and O–H groups in total. The summed E-state index contributed by atoms with van der Waals surface area (Å²) in [6.45, 7) is 4.70. The molecule has 1 fully saturated rings. The van der Waals surface area contributed by atoms with Crippen molar-refractivity contribution in [1.82, 2.24) is 19.4 Å². The number of benzene rings is 2. The second kappa shape index (κ2) is 10.9. The Hall–Kier alpha value is -4.01. The fourth-order valence-corrected chi connectivity index (χ4v) is 3.75. The number of aromatic nitrogens is 2. The lowest BCUT2D eigenvalue weighted by Crippen LogP contribution is -2.44. The summed E-state index contributed by atoms with van der Waals surface area (Å²) in [5.74, 6) is 2.28. The largest absolute Gasteiger partial charge is 0.491 e. The molecule has 0 aliphatic carbocycles. The van der Waals surface area contributed by atoms with Crippen LogP contribution in [0.5, 0.6) is 0 Å². The summed E-state index contributed by atoms with van der Waals surface area (Å²) in [4.78, 5) is 44.5. The second-order valence-corrected chi connectivity index (χ2v) is 8.66. The van der Waals surface area contributed by atoms with Crippen molar-refractivity contribution in [2.24, 2.45) is 0 Å². The number of ether oxygens (including phenoxy) is 1. The van der Waals surface area contributed by atoms with Crippen molar-refractivity contribution in [2.75, 3.05) is 39.8 Å². The van der Waals surface area contributed by atoms with Gasteiger partial charge in [-0.05, 0) is 42.9 Å². The first-order valence-electron chi connectivity index (χ1n) is 11.4. The lowest BCUT2D eigenvalue weighted by molar-refractivity contribution is -0.193. The van der Waals surface area contributed by atoms with E-state index in [0.29, 0.717) is 28.6 Å². The Balaban J connectivity index is 1.45. The first-order valence-corrected chi connectivity index (χ1v) is 11.4. The van der Waals surface area contributed by atoms with E-state index in [1.54, 1.807) is 12.1 Å². The van der Waals surface area contributed by atoms with Gasteiger partial charge in [0.05, 0.1) is 35.9 Å². The number of nitrogens with zero attached hydrogens (tertiary/aromatic N) is 4. The van der Waals surface area contributed by atoms with Crippen molar-refractivity contribution in [1.29, 1.82) is 0 Å². The van der Waals surface area contributed by atoms with Gasteiger partial charge in [0.1, 0.15) is 0 Å². The van der Waals surface area contributed by atoms with Crippen LogP contribution >= 0.6 is 0 Å². The Morgan fingerprint density at radius 3 is 2.43 bits per heavy atom. The maximum absolute atomic E-state index is 13.1. The summed E-state index contributed by atoms with van der Waals surface area (Å²) in [5.41, 5.74) is 1.30. The SMILES string of the molecule is CN1CCN(CC#Cc2ccc3ncn(Cc4ccc(C(=O)OC(=O)C(F)(F)F)cc4)c(=O)c3c2)CC1. The number of fused-ring (bicyclic) bond motifs is 1. The van der Waals surface area contributed by atoms with Gasteiger partial charge in [-0.3, -0.25) is 14.3 Å². The third-order valence-electron chi connectivity index (χ3n) is 5.91. The fourth-order valence-electron chi connectivity index (χ4n) is 3.75. The molecule has 0 saturated carbocycles. The van der Waals surface area contributed by atoms with Crippen LogP contribution in [0, 0.1) is 11.8 Å². The monoisotopic (exact) mass is 512 g/mol. The fraction of sp³-hybridized carbons (Fsp3) is 0.308. The number of carbonyl (C=O) groups excluding carboxylic acids is 2. The van der Waals surface area contributed by atoms with Crippen molar-refractivity contribution in [3.8, 4) is 11.8 Å². The third-order valence-corrected chi connectivity index (χ3v) is 5.91. The smallest absolute Gasteiger partial charge is 0.383 e. The predicted octanol–water partition coefficient (Wildman–Crippen LogP) is 2.29. The highest BCUT2D eigenvalue weighted by Crippen LogP contribution is 2.18. The van der Waals surface area contributed by atoms with Gasteiger partial charge in [0.25, 0.3) is 5.56 Å². The number of carbonyl (C=O) groups is 2. The topological polar surface area (TPSA) is 84.7 Å². The summed E-state index contributed by atoms with van der Waals surface area (Å²) < 4.78 is 42.0. The van der Waals surface area contributed by atoms with Gasteiger partial charge in [-0.2, -0.15) is 13.2 Å². The van der Waals surface area contributed by atoms with E-state index in [1.165, 1.54) is 35.2 Å². The molecule has 3 aromatic rings. The highest BCUT2D eigenvalue weighted by molar-refractivity contribution is 5.98. The van der Waals surface area contributed by atoms with E-state index in [2.05, 4.69) is 38.4 Å². The van der Waals surface area contributed by atoms with Crippen LogP contribution in [-0.4, -0.2) is 77.2 Å². The number of alkyl halides is 3. The molecule has 1 aromatic heterocycles. The van der Waals surface area contributed by atoms with Crippen LogP contribution in [0.1, 0.15) is 21.5 Å². The molecule has 192 valence electrons. The van der Waals surface area contributed by atoms with E-state index >= 15 is 0 Å². The second-order valence-electron chi connectivity index (χ2n) is 8.66. The van der Waals surface area contributed by atoms with Gasteiger partial charge in [-0.25, -0.2) is 14.6 Å². The Morgan fingerprint density at radius 2 is 1.76 bits per heavy atom. The van der Waals surface area contributed by atoms with E-state index in [1.807, 2.05) is 6.07 Å². The normalized spacial score (nSPS) is 14.7. The minimum absolute atomic E-state index is 0.109. The molecule has 1 aliphatic rings. The number of hydrogen-bond acceptors (Lipinski definition) is 7. The maximum Gasteiger partial charge on any atom is 0.491 e. The van der Waals surface area contributed by atoms with Crippen LogP contribution in [0.4, 0.5) is 13.2 Å². The summed E-state index contributed by atoms with van der Waals surface area (Å²) in [6.07, 6.45) is -3.87. The van der Waals surface area contributed by atoms with E-state index in [0.717, 1.165) is 26.2 Å². The third kappa shape index (κ3) is 6.61. The molecule has 0 radical (unpaired) electrons. The summed E-state index contributed by atoms with van der Waals surface area (Å²) >= 11 is 0. The zero-order chi connectivity index (χ0) is 26.6. The van der Waals surface area contributed by atoms with Crippen molar-refractivity contribution in [3.05, 3.63) is 75.8 Å². The molecule has 4 rings (SSSR count). The average molecular weight is 512 g/mol. The van der Waals surface area contributed by atoms with E-state index in [9.17, 15) is 27.6 Å². The van der Waals surface area contributed by atoms with E-state index in [4.69, 9.17) is 0 Å². The highest BCUT2D eigenvalue weighted by Gasteiger charge is 2.42. The number of likely N-dealkylation sites (N-methyl/N-ethyl adjacent to an activating group) is 1. The van der Waals surface area contributed by atoms with E-state index < -0.39 is 18.1 Å². The van der Waals surface area contributed by atoms with Gasteiger partial charge in [-0.1, -0.05) is 24.0 Å². The van der Waals surface area contributed by atoms with Gasteiger partial charge >= 0.3 is 18.1 Å². The minimum Gasteiger partial charge on any atom is -0.383 e. The first kappa shape index (κ1) is 26.1. The van der Waals surface area contributed by atoms with Crippen molar-refractivity contribution >= 4 is 22.8 Å². The highest BCUT2D eigenvalue weighted by atomic mass is 19.4. The standard InChI is InChI=1S/C26H23F3N4O4/c1-31-11-13-32(14-12-31)10-2-3-18-6-9-22-21(15-18)23(34)33(17-30-22)16-19-4-7-20(8-5-19)24(35)37-25(36)26(27,28)29/h4-9,15,17H,10-14,16H2,1H3. The molecular formula is C26H23F3N4O4. The van der Waals surface area contributed by atoms with Crippen LogP contribution < -0.4 is 5.56 Å². The molecule has 11 heteroatoms. The lowest BCUT2D eigenvalue weighted by Gasteiger charge is -2.30. The van der Waals surface area contributed by atoms with Gasteiger partial charge in [0.15, 0.2) is 0 Å². The molecule has 0 unspecified atom stereocenters. The Kier molecular flexibility index (Phi) is 7.71. The minimum atomic E-state index is -5.27. The molecule has 2 aromatic carbocycles. The number of hydrogen-bond donors (Lipinski definition) is 0. The van der Waals surface area contributed by atoms with Crippen molar-refractivity contribution in [2.45, 2.75) is 12.7 Å². The Morgan fingerprint density at radius 1 is 1.05 bits per heavy atom. The lowest BCUT2D eigenvalue weighted by atomic mass is 10.1. The van der Waals surface area contributed by atoms with Gasteiger partial charge in [0, 0.05) is 31.7 Å². The van der Waals surface area contributed by atoms with Crippen LogP contribution in [0.2, 0.25) is 0 Å². The Labute approximate surface area is 210 Å². The zero-order valence-corrected chi connectivity index (χ0v) is 19.9. The van der Waals surface area contributed by atoms with Gasteiger partial charge < -0.3 is 9.64 Å². The summed E-state index contributed by atoms with van der Waals surface area (Å²) in [7, 11) is 2.09. The maximum atomic E-state index is 13.1. The quantitative estimate of drug-likeness (QED) is 0.301. The number of halogens is 3. The number of esters is 2. The van der Waals surface area contributed by atoms with Crippen LogP contribution in [0.3, 0.4) is 0 Å². The van der Waals surface area contributed by atoms with Crippen LogP contribution in [0.25, 0.3) is 10.9 Å². The molecule has 2 heterocycles. The average Bonchev–Trinajstić information content (AvgIpc) is 2.87. The molecule has 0 spiro atoms. The Bertz CT molecular complexity index is 1430. The molecule has 0 bridgehead atoms. The first-order chi connectivity index (χ1) is 17.6. The summed E-state index contributed by atoms with van der Waals surface area (Å²) in [5, 5.41) is 0.403. The van der Waals surface area contributed by atoms with Crippen LogP contribution in [0.15, 0.2) is 53.6 Å². The van der Waals surface area contributed by atoms with E-state index in [-0.39, 0.29) is 17.7 Å². The molecule has 8 nitrogen and oxygen atoms in total.